The van der Waals surface area contributed by atoms with Crippen LogP contribution in [0, 0.1) is 13.8 Å². The van der Waals surface area contributed by atoms with E-state index in [-0.39, 0.29) is 11.8 Å². The van der Waals surface area contributed by atoms with Gasteiger partial charge in [-0.15, -0.1) is 0 Å². The molecule has 2 aromatic rings. The Morgan fingerprint density at radius 1 is 1.28 bits per heavy atom. The first-order valence-corrected chi connectivity index (χ1v) is 10.8. The Morgan fingerprint density at radius 2 is 2.00 bits per heavy atom. The molecule has 1 aromatic heterocycles. The van der Waals surface area contributed by atoms with Gasteiger partial charge >= 0.3 is 0 Å². The Morgan fingerprint density at radius 3 is 2.59 bits per heavy atom. The van der Waals surface area contributed by atoms with Crippen LogP contribution >= 0.6 is 11.8 Å². The van der Waals surface area contributed by atoms with Crippen LogP contribution in [-0.2, 0) is 16.0 Å². The van der Waals surface area contributed by atoms with E-state index < -0.39 is 0 Å². The van der Waals surface area contributed by atoms with E-state index in [9.17, 15) is 9.59 Å². The number of methoxy groups -OCH3 is 1. The number of aryl methyl sites for hydroxylation is 2. The van der Waals surface area contributed by atoms with Gasteiger partial charge < -0.3 is 15.0 Å². The number of hydrogen-bond acceptors (Lipinski definition) is 6. The second-order valence-corrected chi connectivity index (χ2v) is 7.72. The third-order valence-electron chi connectivity index (χ3n) is 5.01. The average Bonchev–Trinajstić information content (AvgIpc) is 3.12. The normalized spacial score (nSPS) is 13.7. The fraction of sp³-hybridized carbons (Fsp3) is 0.429. The standard InChI is InChI=1S/C21H26N4O3S/c1-13-16(14(2)23-21(22-13)29-4)8-10-19(26)24-15-7-9-18(28-3)17(12-15)25-11-5-6-20(25)27/h7,9,12H,5-6,8,10-11H2,1-4H3,(H,24,26). The van der Waals surface area contributed by atoms with E-state index >= 15 is 0 Å². The maximum Gasteiger partial charge on any atom is 0.227 e. The number of thioether (sulfide) groups is 1. The smallest absolute Gasteiger partial charge is 0.227 e. The van der Waals surface area contributed by atoms with Crippen LogP contribution in [-0.4, -0.2) is 41.7 Å². The molecule has 0 saturated carbocycles. The summed E-state index contributed by atoms with van der Waals surface area (Å²) < 4.78 is 5.39. The van der Waals surface area contributed by atoms with Crippen molar-refractivity contribution in [1.29, 1.82) is 0 Å². The zero-order valence-electron chi connectivity index (χ0n) is 17.2. The van der Waals surface area contributed by atoms with Gasteiger partial charge in [0, 0.05) is 36.5 Å². The second-order valence-electron chi connectivity index (χ2n) is 6.94. The van der Waals surface area contributed by atoms with E-state index in [1.54, 1.807) is 30.2 Å². The molecule has 154 valence electrons. The summed E-state index contributed by atoms with van der Waals surface area (Å²) in [5.74, 6) is 0.601. The van der Waals surface area contributed by atoms with Crippen LogP contribution in [0.1, 0.15) is 36.2 Å². The summed E-state index contributed by atoms with van der Waals surface area (Å²) in [6.07, 6.45) is 4.21. The molecular weight excluding hydrogens is 388 g/mol. The number of aromatic nitrogens is 2. The highest BCUT2D eigenvalue weighted by Crippen LogP contribution is 2.34. The maximum atomic E-state index is 12.5. The molecule has 1 fully saturated rings. The van der Waals surface area contributed by atoms with Crippen LogP contribution in [0.2, 0.25) is 0 Å². The predicted molar refractivity (Wildman–Crippen MR) is 115 cm³/mol. The molecule has 7 nitrogen and oxygen atoms in total. The summed E-state index contributed by atoms with van der Waals surface area (Å²) in [4.78, 5) is 35.3. The summed E-state index contributed by atoms with van der Waals surface area (Å²) in [5.41, 5.74) is 4.17. The molecule has 1 aliphatic rings. The van der Waals surface area contributed by atoms with E-state index in [0.29, 0.717) is 42.9 Å². The highest BCUT2D eigenvalue weighted by Gasteiger charge is 2.25. The zero-order valence-corrected chi connectivity index (χ0v) is 18.1. The molecular formula is C21H26N4O3S. The minimum atomic E-state index is -0.0957. The number of ether oxygens (including phenoxy) is 1. The summed E-state index contributed by atoms with van der Waals surface area (Å²) in [5, 5.41) is 3.67. The fourth-order valence-electron chi connectivity index (χ4n) is 3.51. The van der Waals surface area contributed by atoms with Crippen LogP contribution in [0.3, 0.4) is 0 Å². The van der Waals surface area contributed by atoms with Gasteiger partial charge in [0.2, 0.25) is 11.8 Å². The lowest BCUT2D eigenvalue weighted by atomic mass is 10.1. The molecule has 2 amide bonds. The van der Waals surface area contributed by atoms with Crippen molar-refractivity contribution in [2.24, 2.45) is 0 Å². The van der Waals surface area contributed by atoms with Crippen LogP contribution in [0.25, 0.3) is 0 Å². The van der Waals surface area contributed by atoms with Gasteiger partial charge in [-0.1, -0.05) is 11.8 Å². The molecule has 1 saturated heterocycles. The quantitative estimate of drug-likeness (QED) is 0.551. The van der Waals surface area contributed by atoms with Gasteiger partial charge in [0.05, 0.1) is 12.8 Å². The van der Waals surface area contributed by atoms with E-state index in [1.807, 2.05) is 20.1 Å². The largest absolute Gasteiger partial charge is 0.495 e. The van der Waals surface area contributed by atoms with Crippen molar-refractivity contribution < 1.29 is 14.3 Å². The number of anilines is 2. The van der Waals surface area contributed by atoms with E-state index in [4.69, 9.17) is 4.74 Å². The van der Waals surface area contributed by atoms with Crippen molar-refractivity contribution in [3.63, 3.8) is 0 Å². The fourth-order valence-corrected chi connectivity index (χ4v) is 3.96. The highest BCUT2D eigenvalue weighted by atomic mass is 32.2. The lowest BCUT2D eigenvalue weighted by Gasteiger charge is -2.20. The first-order chi connectivity index (χ1) is 13.9. The van der Waals surface area contributed by atoms with Crippen LogP contribution in [0.15, 0.2) is 23.4 Å². The van der Waals surface area contributed by atoms with Gasteiger partial charge in [-0.2, -0.15) is 0 Å². The van der Waals surface area contributed by atoms with Gasteiger partial charge in [-0.25, -0.2) is 9.97 Å². The Bertz CT molecular complexity index is 909. The predicted octanol–water partition coefficient (Wildman–Crippen LogP) is 3.52. The molecule has 1 aliphatic heterocycles. The molecule has 0 aliphatic carbocycles. The molecule has 29 heavy (non-hydrogen) atoms. The molecule has 2 heterocycles. The van der Waals surface area contributed by atoms with Gasteiger partial charge in [-0.3, -0.25) is 9.59 Å². The Hall–Kier alpha value is -2.61. The lowest BCUT2D eigenvalue weighted by molar-refractivity contribution is -0.117. The number of rotatable bonds is 7. The second kappa shape index (κ2) is 9.26. The summed E-state index contributed by atoms with van der Waals surface area (Å²) >= 11 is 1.51. The maximum absolute atomic E-state index is 12.5. The summed E-state index contributed by atoms with van der Waals surface area (Å²) in [7, 11) is 1.58. The van der Waals surface area contributed by atoms with Crippen LogP contribution in [0.5, 0.6) is 5.75 Å². The number of hydrogen-bond donors (Lipinski definition) is 1. The summed E-state index contributed by atoms with van der Waals surface area (Å²) in [6.45, 7) is 4.56. The molecule has 1 aromatic carbocycles. The zero-order chi connectivity index (χ0) is 21.0. The van der Waals surface area contributed by atoms with Crippen molar-refractivity contribution in [2.75, 3.05) is 30.1 Å². The molecule has 1 N–H and O–H groups in total. The third kappa shape index (κ3) is 4.87. The molecule has 8 heteroatoms. The van der Waals surface area contributed by atoms with Gasteiger partial charge in [0.15, 0.2) is 5.16 Å². The van der Waals surface area contributed by atoms with E-state index in [1.165, 1.54) is 11.8 Å². The SMILES string of the molecule is COc1ccc(NC(=O)CCc2c(C)nc(SC)nc2C)cc1N1CCCC1=O. The first kappa shape index (κ1) is 21.1. The van der Waals surface area contributed by atoms with Gasteiger partial charge in [0.1, 0.15) is 5.75 Å². The van der Waals surface area contributed by atoms with Gasteiger partial charge in [0.25, 0.3) is 0 Å². The highest BCUT2D eigenvalue weighted by molar-refractivity contribution is 7.98. The molecule has 0 bridgehead atoms. The Labute approximate surface area is 175 Å². The van der Waals surface area contributed by atoms with Crippen LogP contribution in [0.4, 0.5) is 11.4 Å². The van der Waals surface area contributed by atoms with Crippen molar-refractivity contribution in [3.8, 4) is 5.75 Å². The topological polar surface area (TPSA) is 84.4 Å². The molecule has 0 radical (unpaired) electrons. The molecule has 3 rings (SSSR count). The average molecular weight is 415 g/mol. The number of carbonyl (C=O) groups is 2. The van der Waals surface area contributed by atoms with Crippen LogP contribution < -0.4 is 15.0 Å². The van der Waals surface area contributed by atoms with Crippen molar-refractivity contribution in [1.82, 2.24) is 9.97 Å². The Kier molecular flexibility index (Phi) is 6.74. The van der Waals surface area contributed by atoms with Crippen molar-refractivity contribution in [3.05, 3.63) is 35.2 Å². The molecule has 0 spiro atoms. The van der Waals surface area contributed by atoms with E-state index in [2.05, 4.69) is 15.3 Å². The lowest BCUT2D eigenvalue weighted by Crippen LogP contribution is -2.24. The number of benzene rings is 1. The minimum absolute atomic E-state index is 0.0754. The molecule has 0 atom stereocenters. The molecule has 0 unspecified atom stereocenters. The number of amides is 2. The van der Waals surface area contributed by atoms with Crippen molar-refractivity contribution in [2.45, 2.75) is 44.7 Å². The minimum Gasteiger partial charge on any atom is -0.495 e. The monoisotopic (exact) mass is 414 g/mol. The Balaban J connectivity index is 1.69. The number of nitrogens with one attached hydrogen (secondary N) is 1. The van der Waals surface area contributed by atoms with Crippen molar-refractivity contribution >= 4 is 35.0 Å². The number of carbonyl (C=O) groups excluding carboxylic acids is 2. The third-order valence-corrected chi connectivity index (χ3v) is 5.56. The first-order valence-electron chi connectivity index (χ1n) is 9.59. The van der Waals surface area contributed by atoms with E-state index in [0.717, 1.165) is 28.5 Å². The number of nitrogens with zero attached hydrogens (tertiary/aromatic N) is 3. The van der Waals surface area contributed by atoms with Gasteiger partial charge in [-0.05, 0) is 56.7 Å². The summed E-state index contributed by atoms with van der Waals surface area (Å²) in [6, 6.07) is 5.36.